The zero-order valence-corrected chi connectivity index (χ0v) is 11.2. The van der Waals surface area contributed by atoms with Crippen LogP contribution in [-0.4, -0.2) is 36.1 Å². The summed E-state index contributed by atoms with van der Waals surface area (Å²) in [4.78, 5) is 2.78. The Kier molecular flexibility index (Phi) is 4.26. The lowest BCUT2D eigenvalue weighted by Gasteiger charge is -2.35. The van der Waals surface area contributed by atoms with Crippen molar-refractivity contribution in [2.75, 3.05) is 13.1 Å². The molecule has 16 heavy (non-hydrogen) atoms. The molecule has 2 heteroatoms. The minimum atomic E-state index is 0.765. The van der Waals surface area contributed by atoms with Crippen molar-refractivity contribution >= 4 is 0 Å². The van der Waals surface area contributed by atoms with Gasteiger partial charge in [0.25, 0.3) is 0 Å². The van der Waals surface area contributed by atoms with Crippen LogP contribution in [0, 0.1) is 5.92 Å². The highest BCUT2D eigenvalue weighted by Gasteiger charge is 2.35. The van der Waals surface area contributed by atoms with E-state index in [1.165, 1.54) is 45.2 Å². The first-order chi connectivity index (χ1) is 7.76. The maximum atomic E-state index is 3.77. The normalized spacial score (nSPS) is 33.0. The van der Waals surface area contributed by atoms with Gasteiger partial charge in [-0.1, -0.05) is 13.8 Å². The van der Waals surface area contributed by atoms with Crippen molar-refractivity contribution in [1.82, 2.24) is 10.2 Å². The van der Waals surface area contributed by atoms with Gasteiger partial charge in [-0.15, -0.1) is 0 Å². The highest BCUT2D eigenvalue weighted by atomic mass is 15.2. The van der Waals surface area contributed by atoms with Crippen LogP contribution >= 0.6 is 0 Å². The fourth-order valence-corrected chi connectivity index (χ4v) is 3.20. The molecule has 1 N–H and O–H groups in total. The van der Waals surface area contributed by atoms with E-state index in [0.717, 1.165) is 24.0 Å². The molecule has 1 saturated carbocycles. The van der Waals surface area contributed by atoms with E-state index >= 15 is 0 Å². The number of nitrogens with zero attached hydrogens (tertiary/aromatic N) is 1. The van der Waals surface area contributed by atoms with Crippen molar-refractivity contribution in [2.24, 2.45) is 5.92 Å². The second-order valence-corrected chi connectivity index (χ2v) is 5.70. The smallest absolute Gasteiger partial charge is 0.0223 e. The molecular formula is C14H28N2. The van der Waals surface area contributed by atoms with Crippen molar-refractivity contribution in [2.45, 2.75) is 71.0 Å². The fraction of sp³-hybridized carbons (Fsp3) is 1.00. The first kappa shape index (κ1) is 12.4. The van der Waals surface area contributed by atoms with Crippen molar-refractivity contribution in [1.29, 1.82) is 0 Å². The van der Waals surface area contributed by atoms with Gasteiger partial charge in [-0.25, -0.2) is 0 Å². The zero-order valence-electron chi connectivity index (χ0n) is 11.2. The Morgan fingerprint density at radius 2 is 1.88 bits per heavy atom. The van der Waals surface area contributed by atoms with Gasteiger partial charge in [-0.2, -0.15) is 0 Å². The maximum Gasteiger partial charge on any atom is 0.0223 e. The summed E-state index contributed by atoms with van der Waals surface area (Å²) >= 11 is 0. The van der Waals surface area contributed by atoms with Crippen LogP contribution in [0.25, 0.3) is 0 Å². The summed E-state index contributed by atoms with van der Waals surface area (Å²) in [6.45, 7) is 9.60. The molecule has 0 bridgehead atoms. The molecule has 2 rings (SSSR count). The van der Waals surface area contributed by atoms with Crippen LogP contribution in [0.1, 0.15) is 52.9 Å². The average molecular weight is 224 g/mol. The first-order valence-electron chi connectivity index (χ1n) is 7.25. The van der Waals surface area contributed by atoms with E-state index in [2.05, 4.69) is 31.0 Å². The molecule has 2 fully saturated rings. The largest absolute Gasteiger partial charge is 0.312 e. The van der Waals surface area contributed by atoms with E-state index in [1.54, 1.807) is 0 Å². The lowest BCUT2D eigenvalue weighted by molar-refractivity contribution is 0.129. The number of rotatable bonds is 4. The Morgan fingerprint density at radius 1 is 1.19 bits per heavy atom. The molecule has 0 aromatic rings. The molecule has 2 atom stereocenters. The topological polar surface area (TPSA) is 15.3 Å². The second-order valence-electron chi connectivity index (χ2n) is 5.70. The second kappa shape index (κ2) is 5.50. The van der Waals surface area contributed by atoms with Gasteiger partial charge in [-0.3, -0.25) is 4.90 Å². The van der Waals surface area contributed by atoms with Crippen LogP contribution in [0.3, 0.4) is 0 Å². The predicted molar refractivity (Wildman–Crippen MR) is 69.7 cm³/mol. The van der Waals surface area contributed by atoms with Gasteiger partial charge in [0.1, 0.15) is 0 Å². The molecule has 2 nitrogen and oxygen atoms in total. The molecule has 2 aliphatic rings. The summed E-state index contributed by atoms with van der Waals surface area (Å²) in [5.74, 6) is 0.988. The summed E-state index contributed by atoms with van der Waals surface area (Å²) in [6.07, 6.45) is 6.85. The van der Waals surface area contributed by atoms with Crippen molar-refractivity contribution in [3.8, 4) is 0 Å². The van der Waals surface area contributed by atoms with Crippen LogP contribution in [-0.2, 0) is 0 Å². The predicted octanol–water partition coefficient (Wildman–Crippen LogP) is 2.64. The van der Waals surface area contributed by atoms with Gasteiger partial charge in [0.05, 0.1) is 0 Å². The van der Waals surface area contributed by atoms with Crippen LogP contribution in [0.15, 0.2) is 0 Å². The molecule has 1 aliphatic heterocycles. The summed E-state index contributed by atoms with van der Waals surface area (Å²) < 4.78 is 0. The first-order valence-corrected chi connectivity index (χ1v) is 7.25. The molecule has 1 aliphatic carbocycles. The lowest BCUT2D eigenvalue weighted by atomic mass is 10.0. The van der Waals surface area contributed by atoms with Crippen LogP contribution in [0.2, 0.25) is 0 Å². The minimum absolute atomic E-state index is 0.765. The van der Waals surface area contributed by atoms with Gasteiger partial charge in [0.2, 0.25) is 0 Å². The average Bonchev–Trinajstić information content (AvgIpc) is 3.09. The molecule has 0 spiro atoms. The maximum absolute atomic E-state index is 3.77. The van der Waals surface area contributed by atoms with Crippen molar-refractivity contribution in [3.63, 3.8) is 0 Å². The summed E-state index contributed by atoms with van der Waals surface area (Å²) in [6, 6.07) is 2.35. The highest BCUT2D eigenvalue weighted by molar-refractivity contribution is 4.93. The Labute approximate surface area is 101 Å². The molecule has 1 heterocycles. The van der Waals surface area contributed by atoms with Crippen LogP contribution in [0.5, 0.6) is 0 Å². The molecule has 1 saturated heterocycles. The summed E-state index contributed by atoms with van der Waals surface area (Å²) in [7, 11) is 0. The third kappa shape index (κ3) is 2.78. The SMILES string of the molecule is CCC(CC)N1CC(C2CC2)NCCC1C. The van der Waals surface area contributed by atoms with Crippen LogP contribution < -0.4 is 5.32 Å². The Hall–Kier alpha value is -0.0800. The monoisotopic (exact) mass is 224 g/mol. The van der Waals surface area contributed by atoms with Crippen molar-refractivity contribution in [3.05, 3.63) is 0 Å². The van der Waals surface area contributed by atoms with Gasteiger partial charge in [0, 0.05) is 24.7 Å². The quantitative estimate of drug-likeness (QED) is 0.790. The van der Waals surface area contributed by atoms with Gasteiger partial charge in [-0.05, 0) is 51.5 Å². The highest BCUT2D eigenvalue weighted by Crippen LogP contribution is 2.34. The van der Waals surface area contributed by atoms with Crippen molar-refractivity contribution < 1.29 is 0 Å². The fourth-order valence-electron chi connectivity index (χ4n) is 3.20. The van der Waals surface area contributed by atoms with Gasteiger partial charge in [0.15, 0.2) is 0 Å². The van der Waals surface area contributed by atoms with E-state index in [4.69, 9.17) is 0 Å². The number of hydrogen-bond donors (Lipinski definition) is 1. The Balaban J connectivity index is 1.99. The van der Waals surface area contributed by atoms with Crippen LogP contribution in [0.4, 0.5) is 0 Å². The van der Waals surface area contributed by atoms with Gasteiger partial charge >= 0.3 is 0 Å². The molecule has 0 aromatic carbocycles. The molecule has 94 valence electrons. The molecule has 0 amide bonds. The Morgan fingerprint density at radius 3 is 2.44 bits per heavy atom. The van der Waals surface area contributed by atoms with E-state index in [-0.39, 0.29) is 0 Å². The van der Waals surface area contributed by atoms with E-state index in [0.29, 0.717) is 0 Å². The summed E-state index contributed by atoms with van der Waals surface area (Å²) in [5, 5.41) is 3.77. The number of nitrogens with one attached hydrogen (secondary N) is 1. The van der Waals surface area contributed by atoms with E-state index < -0.39 is 0 Å². The number of hydrogen-bond acceptors (Lipinski definition) is 2. The third-order valence-electron chi connectivity index (χ3n) is 4.54. The van der Waals surface area contributed by atoms with E-state index in [9.17, 15) is 0 Å². The molecular weight excluding hydrogens is 196 g/mol. The van der Waals surface area contributed by atoms with Gasteiger partial charge < -0.3 is 5.32 Å². The molecule has 2 unspecified atom stereocenters. The zero-order chi connectivity index (χ0) is 11.5. The van der Waals surface area contributed by atoms with E-state index in [1.807, 2.05) is 0 Å². The molecule has 0 radical (unpaired) electrons. The standard InChI is InChI=1S/C14H28N2/c1-4-13(5-2)16-10-14(12-6-7-12)15-9-8-11(16)3/h11-15H,4-10H2,1-3H3. The lowest BCUT2D eigenvalue weighted by Crippen LogP contribution is -2.46. The third-order valence-corrected chi connectivity index (χ3v) is 4.54. The minimum Gasteiger partial charge on any atom is -0.312 e. The molecule has 0 aromatic heterocycles. The Bertz CT molecular complexity index is 209. The summed E-state index contributed by atoms with van der Waals surface area (Å²) in [5.41, 5.74) is 0.